The van der Waals surface area contributed by atoms with Crippen molar-refractivity contribution in [3.63, 3.8) is 0 Å². The highest BCUT2D eigenvalue weighted by Gasteiger charge is 2.01. The Balaban J connectivity index is 2.21. The lowest BCUT2D eigenvalue weighted by molar-refractivity contribution is 0.0806. The molecule has 0 atom stereocenters. The van der Waals surface area contributed by atoms with Crippen molar-refractivity contribution in [1.82, 2.24) is 0 Å². The van der Waals surface area contributed by atoms with Crippen LogP contribution in [-0.2, 0) is 9.47 Å². The fourth-order valence-electron chi connectivity index (χ4n) is 1.33. The fraction of sp³-hybridized carbons (Fsp3) is 0.462. The number of hydrogen-bond acceptors (Lipinski definition) is 4. The van der Waals surface area contributed by atoms with Crippen LogP contribution in [0.4, 0.5) is 0 Å². The first-order valence-electron chi connectivity index (χ1n) is 5.72. The molecule has 1 aromatic carbocycles. The van der Waals surface area contributed by atoms with Gasteiger partial charge in [0.2, 0.25) is 0 Å². The molecule has 0 saturated heterocycles. The lowest BCUT2D eigenvalue weighted by Crippen LogP contribution is -2.08. The summed E-state index contributed by atoms with van der Waals surface area (Å²) in [7, 11) is 1.67. The van der Waals surface area contributed by atoms with Crippen molar-refractivity contribution >= 4 is 22.2 Å². The zero-order valence-corrected chi connectivity index (χ0v) is 11.9. The molecule has 0 aromatic heterocycles. The maximum absolute atomic E-state index is 10.7. The summed E-state index contributed by atoms with van der Waals surface area (Å²) >= 11 is 3.28. The normalized spacial score (nSPS) is 10.3. The van der Waals surface area contributed by atoms with Crippen molar-refractivity contribution < 1.29 is 19.0 Å². The van der Waals surface area contributed by atoms with E-state index in [4.69, 9.17) is 14.2 Å². The Morgan fingerprint density at radius 2 is 2.06 bits per heavy atom. The molecule has 0 heterocycles. The number of hydrogen-bond donors (Lipinski definition) is 0. The molecule has 0 unspecified atom stereocenters. The molecule has 5 heteroatoms. The van der Waals surface area contributed by atoms with Crippen molar-refractivity contribution in [3.8, 4) is 5.75 Å². The second-order valence-corrected chi connectivity index (χ2v) is 4.46. The minimum atomic E-state index is 0.465. The Kier molecular flexibility index (Phi) is 7.64. The van der Waals surface area contributed by atoms with Crippen molar-refractivity contribution in [2.75, 3.05) is 33.5 Å². The van der Waals surface area contributed by atoms with Gasteiger partial charge in [-0.2, -0.15) is 0 Å². The summed E-state index contributed by atoms with van der Waals surface area (Å²) in [6, 6.07) is 5.29. The van der Waals surface area contributed by atoms with E-state index in [1.807, 2.05) is 6.07 Å². The molecule has 4 nitrogen and oxygen atoms in total. The summed E-state index contributed by atoms with van der Waals surface area (Å²) < 4.78 is 16.5. The Hall–Kier alpha value is -0.910. The first-order chi connectivity index (χ1) is 8.77. The first kappa shape index (κ1) is 15.1. The number of rotatable bonds is 9. The second kappa shape index (κ2) is 9.08. The average Bonchev–Trinajstić information content (AvgIpc) is 2.39. The quantitative estimate of drug-likeness (QED) is 0.519. The summed E-state index contributed by atoms with van der Waals surface area (Å²) in [5.74, 6) is 0.667. The molecular formula is C13H17BrO4. The molecule has 18 heavy (non-hydrogen) atoms. The number of carbonyl (C=O) groups is 1. The third kappa shape index (κ3) is 5.62. The van der Waals surface area contributed by atoms with Gasteiger partial charge in [0, 0.05) is 30.4 Å². The van der Waals surface area contributed by atoms with Crippen LogP contribution >= 0.6 is 15.9 Å². The number of benzene rings is 1. The number of halogens is 1. The molecule has 1 aromatic rings. The van der Waals surface area contributed by atoms with Gasteiger partial charge < -0.3 is 14.2 Å². The van der Waals surface area contributed by atoms with E-state index in [0.29, 0.717) is 37.7 Å². The van der Waals surface area contributed by atoms with Gasteiger partial charge in [0.1, 0.15) is 12.4 Å². The summed E-state index contributed by atoms with van der Waals surface area (Å²) in [6.45, 7) is 2.36. The van der Waals surface area contributed by atoms with Gasteiger partial charge in [-0.25, -0.2) is 0 Å². The van der Waals surface area contributed by atoms with E-state index in [-0.39, 0.29) is 0 Å². The van der Waals surface area contributed by atoms with E-state index in [1.165, 1.54) is 0 Å². The topological polar surface area (TPSA) is 44.8 Å². The third-order valence-electron chi connectivity index (χ3n) is 2.23. The van der Waals surface area contributed by atoms with Crippen LogP contribution in [0.3, 0.4) is 0 Å². The van der Waals surface area contributed by atoms with Crippen LogP contribution in [0.25, 0.3) is 0 Å². The van der Waals surface area contributed by atoms with Gasteiger partial charge in [-0.15, -0.1) is 0 Å². The Morgan fingerprint density at radius 3 is 2.78 bits per heavy atom. The summed E-state index contributed by atoms with van der Waals surface area (Å²) in [4.78, 5) is 10.7. The molecule has 0 spiro atoms. The fourth-order valence-corrected chi connectivity index (χ4v) is 1.67. The van der Waals surface area contributed by atoms with Gasteiger partial charge in [-0.05, 0) is 24.6 Å². The summed E-state index contributed by atoms with van der Waals surface area (Å²) in [6.07, 6.45) is 1.67. The minimum absolute atomic E-state index is 0.465. The SMILES string of the molecule is COCCCOCCOc1ccc(Br)c(C=O)c1. The van der Waals surface area contributed by atoms with Crippen LogP contribution in [0.5, 0.6) is 5.75 Å². The van der Waals surface area contributed by atoms with Crippen LogP contribution in [0.15, 0.2) is 22.7 Å². The molecule has 0 bridgehead atoms. The van der Waals surface area contributed by atoms with E-state index in [1.54, 1.807) is 19.2 Å². The van der Waals surface area contributed by atoms with Crippen LogP contribution in [0.2, 0.25) is 0 Å². The number of aldehydes is 1. The highest BCUT2D eigenvalue weighted by atomic mass is 79.9. The van der Waals surface area contributed by atoms with Crippen LogP contribution in [0, 0.1) is 0 Å². The first-order valence-corrected chi connectivity index (χ1v) is 6.51. The molecular weight excluding hydrogens is 300 g/mol. The molecule has 100 valence electrons. The number of carbonyl (C=O) groups excluding carboxylic acids is 1. The van der Waals surface area contributed by atoms with Crippen LogP contribution in [0.1, 0.15) is 16.8 Å². The predicted octanol–water partition coefficient (Wildman–Crippen LogP) is 2.69. The van der Waals surface area contributed by atoms with Crippen LogP contribution in [-0.4, -0.2) is 39.8 Å². The van der Waals surface area contributed by atoms with E-state index < -0.39 is 0 Å². The molecule has 0 radical (unpaired) electrons. The van der Waals surface area contributed by atoms with Gasteiger partial charge in [-0.3, -0.25) is 4.79 Å². The Bertz CT molecular complexity index is 368. The molecule has 0 saturated carbocycles. The Morgan fingerprint density at radius 1 is 1.22 bits per heavy atom. The second-order valence-electron chi connectivity index (χ2n) is 3.61. The highest BCUT2D eigenvalue weighted by molar-refractivity contribution is 9.10. The molecule has 0 aliphatic rings. The standard InChI is InChI=1S/C13H17BrO4/c1-16-5-2-6-17-7-8-18-12-3-4-13(14)11(9-12)10-15/h3-4,9-10H,2,5-8H2,1H3. The van der Waals surface area contributed by atoms with Crippen molar-refractivity contribution in [3.05, 3.63) is 28.2 Å². The zero-order valence-electron chi connectivity index (χ0n) is 10.4. The van der Waals surface area contributed by atoms with Gasteiger partial charge in [0.15, 0.2) is 6.29 Å². The average molecular weight is 317 g/mol. The maximum atomic E-state index is 10.7. The summed E-state index contributed by atoms with van der Waals surface area (Å²) in [5, 5.41) is 0. The molecule has 0 aliphatic carbocycles. The molecule has 1 rings (SSSR count). The lowest BCUT2D eigenvalue weighted by Gasteiger charge is -2.08. The molecule has 0 amide bonds. The molecule has 0 N–H and O–H groups in total. The smallest absolute Gasteiger partial charge is 0.151 e. The maximum Gasteiger partial charge on any atom is 0.151 e. The van der Waals surface area contributed by atoms with Gasteiger partial charge in [-0.1, -0.05) is 15.9 Å². The van der Waals surface area contributed by atoms with Crippen molar-refractivity contribution in [2.24, 2.45) is 0 Å². The minimum Gasteiger partial charge on any atom is -0.491 e. The van der Waals surface area contributed by atoms with Crippen LogP contribution < -0.4 is 4.74 Å². The van der Waals surface area contributed by atoms with E-state index in [9.17, 15) is 4.79 Å². The van der Waals surface area contributed by atoms with Crippen molar-refractivity contribution in [2.45, 2.75) is 6.42 Å². The summed E-state index contributed by atoms with van der Waals surface area (Å²) in [5.41, 5.74) is 0.577. The Labute approximate surface area is 115 Å². The highest BCUT2D eigenvalue weighted by Crippen LogP contribution is 2.20. The van der Waals surface area contributed by atoms with Gasteiger partial charge in [0.25, 0.3) is 0 Å². The molecule has 0 aliphatic heterocycles. The number of ether oxygens (including phenoxy) is 3. The van der Waals surface area contributed by atoms with E-state index in [0.717, 1.165) is 17.2 Å². The van der Waals surface area contributed by atoms with Gasteiger partial charge >= 0.3 is 0 Å². The monoisotopic (exact) mass is 316 g/mol. The van der Waals surface area contributed by atoms with E-state index >= 15 is 0 Å². The predicted molar refractivity (Wildman–Crippen MR) is 72.3 cm³/mol. The van der Waals surface area contributed by atoms with Gasteiger partial charge in [0.05, 0.1) is 6.61 Å². The zero-order chi connectivity index (χ0) is 13.2. The largest absolute Gasteiger partial charge is 0.491 e. The molecule has 0 fully saturated rings. The number of methoxy groups -OCH3 is 1. The van der Waals surface area contributed by atoms with Crippen molar-refractivity contribution in [1.29, 1.82) is 0 Å². The third-order valence-corrected chi connectivity index (χ3v) is 2.95. The van der Waals surface area contributed by atoms with E-state index in [2.05, 4.69) is 15.9 Å². The lowest BCUT2D eigenvalue weighted by atomic mass is 10.2.